The summed E-state index contributed by atoms with van der Waals surface area (Å²) in [6, 6.07) is 5.95. The normalized spacial score (nSPS) is 17.4. The van der Waals surface area contributed by atoms with E-state index in [1.54, 1.807) is 4.68 Å². The van der Waals surface area contributed by atoms with Crippen LogP contribution in [0, 0.1) is 11.8 Å². The summed E-state index contributed by atoms with van der Waals surface area (Å²) in [6.07, 6.45) is 7.73. The predicted molar refractivity (Wildman–Crippen MR) is 114 cm³/mol. The Morgan fingerprint density at radius 2 is 2.14 bits per heavy atom. The smallest absolute Gasteiger partial charge is 0.139 e. The number of likely N-dealkylation sites (tertiary alicyclic amines) is 1. The summed E-state index contributed by atoms with van der Waals surface area (Å²) in [7, 11) is 1.89. The minimum absolute atomic E-state index is 0.275. The number of Topliss-reactive ketones (excluding diaryl/α,β-unsaturated/α-hetero) is 1. The largest absolute Gasteiger partial charge is 0.303 e. The van der Waals surface area contributed by atoms with Gasteiger partial charge < -0.3 is 4.90 Å². The summed E-state index contributed by atoms with van der Waals surface area (Å²) in [5.74, 6) is 1.43. The van der Waals surface area contributed by atoms with Gasteiger partial charge in [-0.1, -0.05) is 13.8 Å². The number of carbonyl (C=O) groups excluding carboxylic acids is 1. The van der Waals surface area contributed by atoms with Crippen LogP contribution in [0.5, 0.6) is 0 Å². The third-order valence-electron chi connectivity index (χ3n) is 5.52. The zero-order chi connectivity index (χ0) is 20.4. The highest BCUT2D eigenvalue weighted by Gasteiger charge is 2.25. The molecule has 1 aliphatic heterocycles. The van der Waals surface area contributed by atoms with E-state index in [0.717, 1.165) is 53.9 Å². The zero-order valence-corrected chi connectivity index (χ0v) is 17.5. The number of nitrogens with zero attached hydrogens (tertiary/aromatic N) is 5. The fourth-order valence-corrected chi connectivity index (χ4v) is 4.23. The quantitative estimate of drug-likeness (QED) is 0.617. The molecule has 3 aromatic heterocycles. The van der Waals surface area contributed by atoms with Gasteiger partial charge in [0.1, 0.15) is 5.78 Å². The van der Waals surface area contributed by atoms with Crippen LogP contribution in [-0.4, -0.2) is 50.1 Å². The molecule has 29 heavy (non-hydrogen) atoms. The maximum atomic E-state index is 12.6. The number of rotatable bonds is 7. The van der Waals surface area contributed by atoms with E-state index in [1.165, 1.54) is 0 Å². The molecule has 3 aromatic rings. The van der Waals surface area contributed by atoms with Crippen LogP contribution in [0.1, 0.15) is 32.4 Å². The minimum atomic E-state index is 0.275. The van der Waals surface area contributed by atoms with E-state index in [1.807, 2.05) is 43.8 Å². The molecule has 0 radical (unpaired) electrons. The summed E-state index contributed by atoms with van der Waals surface area (Å²) in [5.41, 5.74) is 3.53. The topological polar surface area (TPSA) is 63.9 Å². The first-order chi connectivity index (χ1) is 14.0. The van der Waals surface area contributed by atoms with Gasteiger partial charge in [-0.2, -0.15) is 5.10 Å². The van der Waals surface area contributed by atoms with E-state index in [4.69, 9.17) is 4.98 Å². The van der Waals surface area contributed by atoms with Crippen molar-refractivity contribution in [1.82, 2.24) is 24.6 Å². The van der Waals surface area contributed by atoms with Crippen molar-refractivity contribution in [3.63, 3.8) is 0 Å². The first-order valence-corrected chi connectivity index (χ1v) is 10.4. The van der Waals surface area contributed by atoms with E-state index >= 15 is 0 Å². The lowest BCUT2D eigenvalue weighted by atomic mass is 9.99. The molecule has 1 saturated heterocycles. The van der Waals surface area contributed by atoms with Gasteiger partial charge in [-0.3, -0.25) is 14.5 Å². The average molecular weight is 392 g/mol. The van der Waals surface area contributed by atoms with Crippen LogP contribution >= 0.6 is 0 Å². The van der Waals surface area contributed by atoms with Gasteiger partial charge in [0.05, 0.1) is 17.4 Å². The first-order valence-electron chi connectivity index (χ1n) is 10.4. The number of pyridine rings is 2. The highest BCUT2D eigenvalue weighted by molar-refractivity contribution is 5.84. The van der Waals surface area contributed by atoms with Crippen LogP contribution < -0.4 is 0 Å². The molecular weight excluding hydrogens is 362 g/mol. The fourth-order valence-electron chi connectivity index (χ4n) is 4.23. The molecule has 1 atom stereocenters. The first kappa shape index (κ1) is 19.7. The van der Waals surface area contributed by atoms with Crippen LogP contribution in [0.15, 0.2) is 36.8 Å². The molecule has 0 bridgehead atoms. The molecule has 6 nitrogen and oxygen atoms in total. The van der Waals surface area contributed by atoms with E-state index in [2.05, 4.69) is 28.8 Å². The molecule has 0 aromatic carbocycles. The number of fused-ring (bicyclic) bond motifs is 1. The average Bonchev–Trinajstić information content (AvgIpc) is 3.29. The maximum absolute atomic E-state index is 12.6. The van der Waals surface area contributed by atoms with Crippen molar-refractivity contribution in [1.29, 1.82) is 0 Å². The molecule has 0 spiro atoms. The van der Waals surface area contributed by atoms with Crippen molar-refractivity contribution in [2.24, 2.45) is 18.9 Å². The van der Waals surface area contributed by atoms with Gasteiger partial charge in [0, 0.05) is 62.0 Å². The van der Waals surface area contributed by atoms with Gasteiger partial charge in [-0.25, -0.2) is 4.98 Å². The fraction of sp³-hybridized carbons (Fsp3) is 0.478. The Hall–Kier alpha value is -2.60. The second-order valence-electron chi connectivity index (χ2n) is 8.70. The summed E-state index contributed by atoms with van der Waals surface area (Å²) < 4.78 is 1.77. The van der Waals surface area contributed by atoms with Crippen molar-refractivity contribution in [3.05, 3.63) is 42.5 Å². The lowest BCUT2D eigenvalue weighted by molar-refractivity contribution is -0.119. The summed E-state index contributed by atoms with van der Waals surface area (Å²) in [5, 5.41) is 5.20. The Morgan fingerprint density at radius 1 is 1.28 bits per heavy atom. The second-order valence-corrected chi connectivity index (χ2v) is 8.70. The Labute approximate surface area is 172 Å². The molecule has 4 rings (SSSR count). The Balaban J connectivity index is 1.42. The lowest BCUT2D eigenvalue weighted by Gasteiger charge is -2.18. The lowest BCUT2D eigenvalue weighted by Crippen LogP contribution is -2.25. The summed E-state index contributed by atoms with van der Waals surface area (Å²) in [6.45, 7) is 7.79. The van der Waals surface area contributed by atoms with E-state index in [-0.39, 0.29) is 5.78 Å². The molecule has 0 amide bonds. The maximum Gasteiger partial charge on any atom is 0.139 e. The van der Waals surface area contributed by atoms with Crippen molar-refractivity contribution in [3.8, 4) is 11.3 Å². The molecule has 0 saturated carbocycles. The molecule has 6 heteroatoms. The van der Waals surface area contributed by atoms with Gasteiger partial charge >= 0.3 is 0 Å². The van der Waals surface area contributed by atoms with E-state index in [9.17, 15) is 4.79 Å². The summed E-state index contributed by atoms with van der Waals surface area (Å²) in [4.78, 5) is 24.4. The molecule has 4 heterocycles. The van der Waals surface area contributed by atoms with Gasteiger partial charge in [0.2, 0.25) is 0 Å². The molecular formula is C23H29N5O. The second kappa shape index (κ2) is 8.41. The third kappa shape index (κ3) is 4.88. The van der Waals surface area contributed by atoms with E-state index in [0.29, 0.717) is 24.7 Å². The molecule has 0 N–H and O–H groups in total. The molecule has 1 unspecified atom stereocenters. The monoisotopic (exact) mass is 391 g/mol. The number of hydrogen-bond donors (Lipinski definition) is 0. The SMILES string of the molecule is CC(C)CN1CCC(CC(=O)Cc2cc3nc(-c4cnn(C)c4)ccc3cn2)C1. The highest BCUT2D eigenvalue weighted by Crippen LogP contribution is 2.23. The zero-order valence-electron chi connectivity index (χ0n) is 17.5. The number of aryl methyl sites for hydroxylation is 1. The number of hydrogen-bond acceptors (Lipinski definition) is 5. The van der Waals surface area contributed by atoms with Crippen molar-refractivity contribution < 1.29 is 4.79 Å². The van der Waals surface area contributed by atoms with Crippen LogP contribution in [-0.2, 0) is 18.3 Å². The Kier molecular flexibility index (Phi) is 5.72. The van der Waals surface area contributed by atoms with Crippen LogP contribution in [0.4, 0.5) is 0 Å². The number of ketones is 1. The van der Waals surface area contributed by atoms with Gasteiger partial charge in [-0.15, -0.1) is 0 Å². The van der Waals surface area contributed by atoms with Crippen LogP contribution in [0.2, 0.25) is 0 Å². The number of carbonyl (C=O) groups is 1. The van der Waals surface area contributed by atoms with Crippen molar-refractivity contribution in [2.75, 3.05) is 19.6 Å². The van der Waals surface area contributed by atoms with Gasteiger partial charge in [-0.05, 0) is 43.0 Å². The Bertz CT molecular complexity index is 1010. The standard InChI is InChI=1S/C23H29N5O/c1-16(2)13-28-7-6-17(14-28)8-21(29)9-20-10-23-18(11-24-20)4-5-22(26-23)19-12-25-27(3)15-19/h4-5,10-12,15-17H,6-9,13-14H2,1-3H3. The van der Waals surface area contributed by atoms with Crippen LogP contribution in [0.25, 0.3) is 22.2 Å². The molecule has 152 valence electrons. The predicted octanol–water partition coefficient (Wildman–Crippen LogP) is 3.51. The van der Waals surface area contributed by atoms with Crippen molar-refractivity contribution in [2.45, 2.75) is 33.1 Å². The van der Waals surface area contributed by atoms with Gasteiger partial charge in [0.25, 0.3) is 0 Å². The highest BCUT2D eigenvalue weighted by atomic mass is 16.1. The van der Waals surface area contributed by atoms with Crippen LogP contribution in [0.3, 0.4) is 0 Å². The number of aromatic nitrogens is 4. The van der Waals surface area contributed by atoms with E-state index < -0.39 is 0 Å². The minimum Gasteiger partial charge on any atom is -0.303 e. The summed E-state index contributed by atoms with van der Waals surface area (Å²) >= 11 is 0. The Morgan fingerprint density at radius 3 is 2.90 bits per heavy atom. The van der Waals surface area contributed by atoms with Gasteiger partial charge in [0.15, 0.2) is 0 Å². The van der Waals surface area contributed by atoms with Crippen molar-refractivity contribution >= 4 is 16.7 Å². The molecule has 1 aliphatic rings. The molecule has 0 aliphatic carbocycles. The third-order valence-corrected chi connectivity index (χ3v) is 5.52. The molecule has 1 fully saturated rings.